The van der Waals surface area contributed by atoms with Crippen molar-refractivity contribution in [2.24, 2.45) is 0 Å². The molecule has 7 heteroatoms. The van der Waals surface area contributed by atoms with Gasteiger partial charge in [0.25, 0.3) is 0 Å². The number of hydrogen-bond acceptors (Lipinski definition) is 6. The summed E-state index contributed by atoms with van der Waals surface area (Å²) in [7, 11) is 0. The van der Waals surface area contributed by atoms with E-state index in [0.717, 1.165) is 38.7 Å². The molecule has 0 fully saturated rings. The largest absolute Gasteiger partial charge is 0.504 e. The molecule has 32 heavy (non-hydrogen) atoms. The van der Waals surface area contributed by atoms with E-state index in [-0.39, 0.29) is 5.75 Å². The quantitative estimate of drug-likeness (QED) is 0.418. The summed E-state index contributed by atoms with van der Waals surface area (Å²) in [6, 6.07) is 17.4. The monoisotopic (exact) mass is 419 g/mol. The minimum absolute atomic E-state index is 0.0139. The molecule has 154 valence electrons. The first kappa shape index (κ1) is 18.3. The highest BCUT2D eigenvalue weighted by molar-refractivity contribution is 6.07. The van der Waals surface area contributed by atoms with Crippen LogP contribution in [0, 0.1) is 6.92 Å². The van der Waals surface area contributed by atoms with Gasteiger partial charge in [-0.3, -0.25) is 14.5 Å². The Balaban J connectivity index is 1.51. The molecule has 5 aromatic heterocycles. The average Bonchev–Trinajstić information content (AvgIpc) is 3.14. The van der Waals surface area contributed by atoms with Crippen LogP contribution in [0.3, 0.4) is 0 Å². The number of aryl methyl sites for hydroxylation is 1. The lowest BCUT2D eigenvalue weighted by molar-refractivity contribution is 0.459. The molecule has 0 aliphatic rings. The van der Waals surface area contributed by atoms with Gasteiger partial charge < -0.3 is 9.84 Å². The molecule has 0 aliphatic heterocycles. The van der Waals surface area contributed by atoms with Crippen molar-refractivity contribution in [1.82, 2.24) is 24.5 Å². The predicted molar refractivity (Wildman–Crippen MR) is 122 cm³/mol. The van der Waals surface area contributed by atoms with Gasteiger partial charge in [0.1, 0.15) is 17.1 Å². The summed E-state index contributed by atoms with van der Waals surface area (Å²) in [4.78, 5) is 17.6. The lowest BCUT2D eigenvalue weighted by atomic mass is 10.2. The van der Waals surface area contributed by atoms with Crippen LogP contribution in [-0.2, 0) is 0 Å². The topological polar surface area (TPSA) is 86.0 Å². The molecule has 7 nitrogen and oxygen atoms in total. The van der Waals surface area contributed by atoms with Crippen LogP contribution in [-0.4, -0.2) is 29.6 Å². The average molecular weight is 419 g/mol. The number of hydrogen-bond donors (Lipinski definition) is 1. The molecule has 6 rings (SSSR count). The maximum absolute atomic E-state index is 10.1. The van der Waals surface area contributed by atoms with Crippen LogP contribution in [0.25, 0.3) is 38.7 Å². The van der Waals surface area contributed by atoms with Crippen molar-refractivity contribution >= 4 is 32.8 Å². The first-order valence-corrected chi connectivity index (χ1v) is 10.1. The third kappa shape index (κ3) is 2.91. The Morgan fingerprint density at radius 1 is 0.875 bits per heavy atom. The van der Waals surface area contributed by atoms with Gasteiger partial charge in [0, 0.05) is 41.5 Å². The highest BCUT2D eigenvalue weighted by Gasteiger charge is 2.15. The van der Waals surface area contributed by atoms with Crippen LogP contribution in [0.1, 0.15) is 5.56 Å². The van der Waals surface area contributed by atoms with E-state index in [0.29, 0.717) is 17.1 Å². The van der Waals surface area contributed by atoms with E-state index in [1.54, 1.807) is 18.5 Å². The predicted octanol–water partition coefficient (Wildman–Crippen LogP) is 5.32. The maximum atomic E-state index is 10.1. The lowest BCUT2D eigenvalue weighted by Crippen LogP contribution is -1.97. The third-order valence-corrected chi connectivity index (χ3v) is 5.39. The Kier molecular flexibility index (Phi) is 4.01. The van der Waals surface area contributed by atoms with Crippen LogP contribution in [0.4, 0.5) is 0 Å². The van der Waals surface area contributed by atoms with Crippen LogP contribution >= 0.6 is 0 Å². The molecule has 1 N–H and O–H groups in total. The Hall–Kier alpha value is -4.52. The normalized spacial score (nSPS) is 11.4. The molecule has 0 spiro atoms. The van der Waals surface area contributed by atoms with Crippen LogP contribution < -0.4 is 4.74 Å². The van der Waals surface area contributed by atoms with Crippen molar-refractivity contribution in [2.75, 3.05) is 0 Å². The van der Waals surface area contributed by atoms with Crippen LogP contribution in [0.2, 0.25) is 0 Å². The third-order valence-electron chi connectivity index (χ3n) is 5.39. The van der Waals surface area contributed by atoms with Gasteiger partial charge in [0.2, 0.25) is 5.88 Å². The Morgan fingerprint density at radius 3 is 2.69 bits per heavy atom. The van der Waals surface area contributed by atoms with Crippen molar-refractivity contribution in [3.05, 3.63) is 84.9 Å². The molecule has 0 aliphatic carbocycles. The van der Waals surface area contributed by atoms with Gasteiger partial charge in [-0.25, -0.2) is 9.97 Å². The second-order valence-electron chi connectivity index (χ2n) is 7.56. The van der Waals surface area contributed by atoms with E-state index in [4.69, 9.17) is 4.74 Å². The number of nitrogens with zero attached hydrogens (tertiary/aromatic N) is 5. The molecule has 0 saturated carbocycles. The number of benzene rings is 1. The maximum Gasteiger partial charge on any atom is 0.219 e. The van der Waals surface area contributed by atoms with E-state index in [9.17, 15) is 5.11 Å². The number of ether oxygens (including phenoxy) is 1. The Labute approximate surface area is 182 Å². The molecule has 0 unspecified atom stereocenters. The summed E-state index contributed by atoms with van der Waals surface area (Å²) in [5, 5.41) is 11.8. The van der Waals surface area contributed by atoms with E-state index >= 15 is 0 Å². The lowest BCUT2D eigenvalue weighted by Gasteiger charge is -2.09. The molecule has 0 amide bonds. The second-order valence-corrected chi connectivity index (χ2v) is 7.56. The number of rotatable bonds is 3. The molecular formula is C25H17N5O2. The van der Waals surface area contributed by atoms with E-state index in [1.165, 1.54) is 6.20 Å². The zero-order chi connectivity index (χ0) is 21.7. The highest BCUT2D eigenvalue weighted by Crippen LogP contribution is 2.34. The van der Waals surface area contributed by atoms with Gasteiger partial charge in [-0.15, -0.1) is 0 Å². The van der Waals surface area contributed by atoms with Gasteiger partial charge in [-0.1, -0.05) is 6.07 Å². The first-order chi connectivity index (χ1) is 15.7. The van der Waals surface area contributed by atoms with Gasteiger partial charge >= 0.3 is 0 Å². The number of fused-ring (bicyclic) bond motifs is 4. The minimum atomic E-state index is 0.0139. The molecular weight excluding hydrogens is 402 g/mol. The molecule has 0 saturated heterocycles. The van der Waals surface area contributed by atoms with Crippen molar-refractivity contribution in [3.8, 4) is 23.2 Å². The van der Waals surface area contributed by atoms with Crippen molar-refractivity contribution in [3.63, 3.8) is 0 Å². The fourth-order valence-electron chi connectivity index (χ4n) is 3.90. The molecule has 6 aromatic rings. The smallest absolute Gasteiger partial charge is 0.219 e. The fraction of sp³-hybridized carbons (Fsp3) is 0.0400. The minimum Gasteiger partial charge on any atom is -0.504 e. The van der Waals surface area contributed by atoms with Crippen LogP contribution in [0.15, 0.2) is 79.4 Å². The van der Waals surface area contributed by atoms with Crippen LogP contribution in [0.5, 0.6) is 17.4 Å². The zero-order valence-corrected chi connectivity index (χ0v) is 17.1. The molecule has 0 bridgehead atoms. The van der Waals surface area contributed by atoms with Crippen molar-refractivity contribution in [1.29, 1.82) is 0 Å². The molecule has 5 heterocycles. The van der Waals surface area contributed by atoms with Gasteiger partial charge in [-0.2, -0.15) is 0 Å². The molecule has 0 radical (unpaired) electrons. The summed E-state index contributed by atoms with van der Waals surface area (Å²) in [5.41, 5.74) is 4.34. The van der Waals surface area contributed by atoms with Gasteiger partial charge in [0.05, 0.1) is 22.7 Å². The first-order valence-electron chi connectivity index (χ1n) is 10.1. The summed E-state index contributed by atoms with van der Waals surface area (Å²) >= 11 is 0. The molecule has 1 aromatic carbocycles. The summed E-state index contributed by atoms with van der Waals surface area (Å²) in [5.74, 6) is 1.82. The standard InChI is InChI=1S/C25H17N5O2/c1-15-4-8-22(28-12-15)30-19-3-2-10-27-25(19)18-7-6-17(11-20(18)30)32-23-9-5-16-13-26-14-21(31)24(16)29-23/h2-14,31H,1H3. The highest BCUT2D eigenvalue weighted by atomic mass is 16.5. The zero-order valence-electron chi connectivity index (χ0n) is 17.1. The summed E-state index contributed by atoms with van der Waals surface area (Å²) in [6.07, 6.45) is 6.66. The van der Waals surface area contributed by atoms with E-state index < -0.39 is 0 Å². The van der Waals surface area contributed by atoms with E-state index in [2.05, 4.69) is 24.5 Å². The van der Waals surface area contributed by atoms with Crippen molar-refractivity contribution < 1.29 is 9.84 Å². The van der Waals surface area contributed by atoms with Crippen molar-refractivity contribution in [2.45, 2.75) is 6.92 Å². The number of pyridine rings is 4. The fourth-order valence-corrected chi connectivity index (χ4v) is 3.90. The van der Waals surface area contributed by atoms with Gasteiger partial charge in [0.15, 0.2) is 5.75 Å². The summed E-state index contributed by atoms with van der Waals surface area (Å²) in [6.45, 7) is 2.01. The van der Waals surface area contributed by atoms with Gasteiger partial charge in [-0.05, 0) is 48.9 Å². The Morgan fingerprint density at radius 2 is 1.81 bits per heavy atom. The SMILES string of the molecule is Cc1ccc(-n2c3cc(Oc4ccc5cncc(O)c5n4)ccc3c3ncccc32)nc1. The second kappa shape index (κ2) is 7.02. The molecule has 0 atom stereocenters. The Bertz CT molecular complexity index is 1620. The summed E-state index contributed by atoms with van der Waals surface area (Å²) < 4.78 is 8.14. The number of aromatic nitrogens is 5. The van der Waals surface area contributed by atoms with E-state index in [1.807, 2.05) is 61.7 Å². The number of aromatic hydroxyl groups is 1.